The number of amides is 1. The molecule has 3 N–H and O–H groups in total. The van der Waals surface area contributed by atoms with Gasteiger partial charge in [-0.05, 0) is 18.9 Å². The third-order valence-corrected chi connectivity index (χ3v) is 3.56. The van der Waals surface area contributed by atoms with E-state index in [2.05, 4.69) is 5.32 Å². The van der Waals surface area contributed by atoms with Gasteiger partial charge in [0.25, 0.3) is 5.69 Å². The first kappa shape index (κ1) is 14.3. The van der Waals surface area contributed by atoms with Crippen LogP contribution in [-0.2, 0) is 4.79 Å². The molecular formula is C13H17N3O4. The zero-order chi connectivity index (χ0) is 14.7. The fourth-order valence-corrected chi connectivity index (χ4v) is 2.45. The molecule has 1 aromatic carbocycles. The van der Waals surface area contributed by atoms with Gasteiger partial charge in [-0.1, -0.05) is 6.42 Å². The zero-order valence-corrected chi connectivity index (χ0v) is 11.2. The molecule has 0 bridgehead atoms. The van der Waals surface area contributed by atoms with Crippen molar-refractivity contribution in [3.8, 4) is 5.75 Å². The highest BCUT2D eigenvalue weighted by atomic mass is 16.6. The summed E-state index contributed by atoms with van der Waals surface area (Å²) in [6.45, 7) is 0. The Morgan fingerprint density at radius 3 is 2.80 bits per heavy atom. The molecule has 1 aliphatic carbocycles. The first-order valence-corrected chi connectivity index (χ1v) is 6.42. The number of nitrogens with one attached hydrogen (secondary N) is 1. The maximum Gasteiger partial charge on any atom is 0.271 e. The minimum absolute atomic E-state index is 0.100. The van der Waals surface area contributed by atoms with E-state index in [0.29, 0.717) is 11.4 Å². The zero-order valence-electron chi connectivity index (χ0n) is 11.2. The maximum atomic E-state index is 12.2. The SMILES string of the molecule is COc1ccc([N+](=O)[O-])cc1NC(=O)C1CCCC1N. The van der Waals surface area contributed by atoms with Crippen molar-refractivity contribution >= 4 is 17.3 Å². The molecule has 0 saturated heterocycles. The molecule has 7 nitrogen and oxygen atoms in total. The van der Waals surface area contributed by atoms with Gasteiger partial charge < -0.3 is 15.8 Å². The van der Waals surface area contributed by atoms with Gasteiger partial charge >= 0.3 is 0 Å². The Hall–Kier alpha value is -2.15. The average molecular weight is 279 g/mol. The molecule has 2 unspecified atom stereocenters. The van der Waals surface area contributed by atoms with Crippen LogP contribution in [0.4, 0.5) is 11.4 Å². The van der Waals surface area contributed by atoms with Crippen molar-refractivity contribution in [2.45, 2.75) is 25.3 Å². The summed E-state index contributed by atoms with van der Waals surface area (Å²) in [4.78, 5) is 22.4. The van der Waals surface area contributed by atoms with Gasteiger partial charge in [-0.25, -0.2) is 0 Å². The summed E-state index contributed by atoms with van der Waals surface area (Å²) >= 11 is 0. The molecule has 0 aliphatic heterocycles. The number of methoxy groups -OCH3 is 1. The Bertz CT molecular complexity index is 532. The van der Waals surface area contributed by atoms with Gasteiger partial charge in [-0.15, -0.1) is 0 Å². The summed E-state index contributed by atoms with van der Waals surface area (Å²) in [7, 11) is 1.44. The van der Waals surface area contributed by atoms with Crippen molar-refractivity contribution in [3.63, 3.8) is 0 Å². The Labute approximate surface area is 116 Å². The molecule has 1 aromatic rings. The van der Waals surface area contributed by atoms with Crippen molar-refractivity contribution in [1.29, 1.82) is 0 Å². The van der Waals surface area contributed by atoms with Crippen LogP contribution < -0.4 is 15.8 Å². The van der Waals surface area contributed by atoms with E-state index in [-0.39, 0.29) is 23.6 Å². The van der Waals surface area contributed by atoms with Gasteiger partial charge in [-0.3, -0.25) is 14.9 Å². The number of nitro groups is 1. The van der Waals surface area contributed by atoms with Crippen LogP contribution in [0.5, 0.6) is 5.75 Å². The van der Waals surface area contributed by atoms with Crippen molar-refractivity contribution in [2.75, 3.05) is 12.4 Å². The van der Waals surface area contributed by atoms with Crippen molar-refractivity contribution in [3.05, 3.63) is 28.3 Å². The molecule has 1 saturated carbocycles. The van der Waals surface area contributed by atoms with Crippen molar-refractivity contribution in [2.24, 2.45) is 11.7 Å². The molecule has 7 heteroatoms. The molecule has 1 aliphatic rings. The molecule has 108 valence electrons. The lowest BCUT2D eigenvalue weighted by molar-refractivity contribution is -0.384. The van der Waals surface area contributed by atoms with Crippen LogP contribution >= 0.6 is 0 Å². The lowest BCUT2D eigenvalue weighted by Crippen LogP contribution is -2.34. The number of ether oxygens (including phenoxy) is 1. The predicted molar refractivity (Wildman–Crippen MR) is 73.6 cm³/mol. The number of hydrogen-bond acceptors (Lipinski definition) is 5. The smallest absolute Gasteiger partial charge is 0.271 e. The fraction of sp³-hybridized carbons (Fsp3) is 0.462. The second-order valence-corrected chi connectivity index (χ2v) is 4.83. The summed E-state index contributed by atoms with van der Waals surface area (Å²) in [5.41, 5.74) is 6.08. The van der Waals surface area contributed by atoms with Gasteiger partial charge in [0.05, 0.1) is 23.6 Å². The summed E-state index contributed by atoms with van der Waals surface area (Å²) in [5.74, 6) is -0.0803. The van der Waals surface area contributed by atoms with Crippen LogP contribution in [0.3, 0.4) is 0 Å². The van der Waals surface area contributed by atoms with Gasteiger partial charge in [0.15, 0.2) is 0 Å². The Morgan fingerprint density at radius 1 is 1.50 bits per heavy atom. The van der Waals surface area contributed by atoms with Gasteiger partial charge in [0.1, 0.15) is 5.75 Å². The first-order valence-electron chi connectivity index (χ1n) is 6.42. The van der Waals surface area contributed by atoms with E-state index in [1.807, 2.05) is 0 Å². The van der Waals surface area contributed by atoms with Crippen LogP contribution in [0, 0.1) is 16.0 Å². The molecule has 20 heavy (non-hydrogen) atoms. The Kier molecular flexibility index (Phi) is 4.19. The largest absolute Gasteiger partial charge is 0.495 e. The molecule has 0 radical (unpaired) electrons. The van der Waals surface area contributed by atoms with Gasteiger partial charge in [0.2, 0.25) is 5.91 Å². The maximum absolute atomic E-state index is 12.2. The van der Waals surface area contributed by atoms with Crippen LogP contribution in [-0.4, -0.2) is 24.0 Å². The van der Waals surface area contributed by atoms with E-state index >= 15 is 0 Å². The topological polar surface area (TPSA) is 107 Å². The van der Waals surface area contributed by atoms with Crippen LogP contribution in [0.15, 0.2) is 18.2 Å². The number of nitrogens with two attached hydrogens (primary N) is 1. The second-order valence-electron chi connectivity index (χ2n) is 4.83. The van der Waals surface area contributed by atoms with Crippen molar-refractivity contribution < 1.29 is 14.5 Å². The molecular weight excluding hydrogens is 262 g/mol. The number of benzene rings is 1. The fourth-order valence-electron chi connectivity index (χ4n) is 2.45. The number of carbonyl (C=O) groups excluding carboxylic acids is 1. The third-order valence-electron chi connectivity index (χ3n) is 3.56. The van der Waals surface area contributed by atoms with E-state index in [9.17, 15) is 14.9 Å². The number of anilines is 1. The summed E-state index contributed by atoms with van der Waals surface area (Å²) in [6, 6.07) is 3.93. The second kappa shape index (κ2) is 5.87. The van der Waals surface area contributed by atoms with E-state index in [1.54, 1.807) is 0 Å². The number of non-ortho nitro benzene ring substituents is 1. The van der Waals surface area contributed by atoms with Crippen LogP contribution in [0.25, 0.3) is 0 Å². The third kappa shape index (κ3) is 2.88. The van der Waals surface area contributed by atoms with E-state index in [1.165, 1.54) is 25.3 Å². The molecule has 1 fully saturated rings. The molecule has 2 rings (SSSR count). The minimum atomic E-state index is -0.517. The molecule has 0 spiro atoms. The quantitative estimate of drug-likeness (QED) is 0.644. The normalized spacial score (nSPS) is 21.5. The van der Waals surface area contributed by atoms with Gasteiger partial charge in [0, 0.05) is 18.2 Å². The number of hydrogen-bond donors (Lipinski definition) is 2. The summed E-state index contributed by atoms with van der Waals surface area (Å²) in [6.07, 6.45) is 2.49. The van der Waals surface area contributed by atoms with E-state index < -0.39 is 4.92 Å². The highest BCUT2D eigenvalue weighted by molar-refractivity contribution is 5.95. The average Bonchev–Trinajstić information content (AvgIpc) is 2.84. The lowest BCUT2D eigenvalue weighted by atomic mass is 10.0. The highest BCUT2D eigenvalue weighted by Gasteiger charge is 2.30. The minimum Gasteiger partial charge on any atom is -0.495 e. The number of nitrogens with zero attached hydrogens (tertiary/aromatic N) is 1. The summed E-state index contributed by atoms with van der Waals surface area (Å²) < 4.78 is 5.10. The first-order chi connectivity index (χ1) is 9.52. The molecule has 0 heterocycles. The van der Waals surface area contributed by atoms with E-state index in [4.69, 9.17) is 10.5 Å². The number of rotatable bonds is 4. The Morgan fingerprint density at radius 2 is 2.25 bits per heavy atom. The lowest BCUT2D eigenvalue weighted by Gasteiger charge is -2.16. The van der Waals surface area contributed by atoms with Crippen molar-refractivity contribution in [1.82, 2.24) is 0 Å². The monoisotopic (exact) mass is 279 g/mol. The Balaban J connectivity index is 2.20. The molecule has 1 amide bonds. The van der Waals surface area contributed by atoms with Gasteiger partial charge in [-0.2, -0.15) is 0 Å². The van der Waals surface area contributed by atoms with Crippen LogP contribution in [0.2, 0.25) is 0 Å². The standard InChI is InChI=1S/C13H17N3O4/c1-20-12-6-5-8(16(18)19)7-11(12)15-13(17)9-3-2-4-10(9)14/h5-7,9-10H,2-4,14H2,1H3,(H,15,17). The number of nitro benzene ring substituents is 1. The summed E-state index contributed by atoms with van der Waals surface area (Å²) in [5, 5.41) is 13.5. The molecule has 2 atom stereocenters. The molecule has 0 aromatic heterocycles. The number of carbonyl (C=O) groups is 1. The predicted octanol–water partition coefficient (Wildman–Crippen LogP) is 1.67. The van der Waals surface area contributed by atoms with Crippen LogP contribution in [0.1, 0.15) is 19.3 Å². The van der Waals surface area contributed by atoms with E-state index in [0.717, 1.165) is 19.3 Å². The highest BCUT2D eigenvalue weighted by Crippen LogP contribution is 2.31.